The number of carboxylic acids is 1. The van der Waals surface area contributed by atoms with Crippen LogP contribution in [0.2, 0.25) is 15.2 Å². The predicted octanol–water partition coefficient (Wildman–Crippen LogP) is 4.49. The number of hydrogen-bond donors (Lipinski definition) is 2. The van der Waals surface area contributed by atoms with Crippen molar-refractivity contribution in [2.24, 2.45) is 11.0 Å². The molecule has 0 fully saturated rings. The number of hydrazone groups is 1. The van der Waals surface area contributed by atoms with Crippen LogP contribution in [0.5, 0.6) is 0 Å². The first kappa shape index (κ1) is 16.1. The summed E-state index contributed by atoms with van der Waals surface area (Å²) in [6, 6.07) is 0. The summed E-state index contributed by atoms with van der Waals surface area (Å²) in [5, 5.41) is 12.8. The molecule has 0 saturated carbocycles. The highest BCUT2D eigenvalue weighted by Gasteiger charge is 2.20. The molecular weight excluding hydrogens is 337 g/mol. The summed E-state index contributed by atoms with van der Waals surface area (Å²) in [6.45, 7) is 0. The van der Waals surface area contributed by atoms with E-state index in [4.69, 9.17) is 39.9 Å². The number of carbonyl (C=O) groups is 1. The van der Waals surface area contributed by atoms with E-state index in [2.05, 4.69) is 27.7 Å². The molecule has 8 heteroatoms. The van der Waals surface area contributed by atoms with Crippen molar-refractivity contribution < 1.29 is 9.90 Å². The van der Waals surface area contributed by atoms with E-state index < -0.39 is 5.97 Å². The fraction of sp³-hybridized carbons (Fsp3) is 0.308. The van der Waals surface area contributed by atoms with Crippen LogP contribution in [0, 0.1) is 5.92 Å². The molecule has 21 heavy (non-hydrogen) atoms. The summed E-state index contributed by atoms with van der Waals surface area (Å²) in [6.07, 6.45) is 8.94. The molecule has 1 heterocycles. The van der Waals surface area contributed by atoms with Crippen LogP contribution < -0.4 is 5.43 Å². The van der Waals surface area contributed by atoms with Gasteiger partial charge < -0.3 is 5.11 Å². The minimum absolute atomic E-state index is 0.0346. The Kier molecular flexibility index (Phi) is 5.45. The molecule has 0 aliphatic heterocycles. The van der Waals surface area contributed by atoms with Crippen molar-refractivity contribution in [1.82, 2.24) is 4.98 Å². The van der Waals surface area contributed by atoms with Crippen LogP contribution in [-0.2, 0) is 0 Å². The standard InChI is InChI=1S/C13H12Cl3N3O2/c14-8-10(9(15)12(16)18-11(8)13(20)21)19-17-6-7-4-2-1-3-5-7/h1-2,6-7H,3-5H2,(H,18,19)(H,20,21)/b17-6-/t7-/m0/s1. The first-order valence-electron chi connectivity index (χ1n) is 6.22. The molecule has 112 valence electrons. The Bertz CT molecular complexity index is 617. The van der Waals surface area contributed by atoms with E-state index in [-0.39, 0.29) is 26.6 Å². The van der Waals surface area contributed by atoms with Crippen LogP contribution in [-0.4, -0.2) is 22.3 Å². The highest BCUT2D eigenvalue weighted by molar-refractivity contribution is 6.46. The van der Waals surface area contributed by atoms with E-state index in [1.807, 2.05) is 0 Å². The highest BCUT2D eigenvalue weighted by atomic mass is 35.5. The molecule has 5 nitrogen and oxygen atoms in total. The number of pyridine rings is 1. The number of aromatic carboxylic acids is 1. The topological polar surface area (TPSA) is 74.6 Å². The molecule has 1 aromatic heterocycles. The number of nitrogens with one attached hydrogen (secondary N) is 1. The van der Waals surface area contributed by atoms with Gasteiger partial charge >= 0.3 is 5.97 Å². The summed E-state index contributed by atoms with van der Waals surface area (Å²) < 4.78 is 0. The van der Waals surface area contributed by atoms with Crippen LogP contribution in [0.25, 0.3) is 0 Å². The van der Waals surface area contributed by atoms with Crippen molar-refractivity contribution in [2.75, 3.05) is 5.43 Å². The number of rotatable bonds is 4. The molecule has 1 atom stereocenters. The van der Waals surface area contributed by atoms with Crippen molar-refractivity contribution in [3.05, 3.63) is 33.0 Å². The molecular formula is C13H12Cl3N3O2. The predicted molar refractivity (Wildman–Crippen MR) is 84.8 cm³/mol. The van der Waals surface area contributed by atoms with E-state index in [0.29, 0.717) is 5.92 Å². The molecule has 2 rings (SSSR count). The summed E-state index contributed by atoms with van der Waals surface area (Å²) in [5.74, 6) is -0.959. The first-order valence-corrected chi connectivity index (χ1v) is 7.36. The molecule has 0 aromatic carbocycles. The fourth-order valence-corrected chi connectivity index (χ4v) is 2.58. The number of carboxylic acid groups (broad SMARTS) is 1. The van der Waals surface area contributed by atoms with Crippen LogP contribution in [0.1, 0.15) is 29.8 Å². The van der Waals surface area contributed by atoms with E-state index in [1.54, 1.807) is 6.21 Å². The minimum atomic E-state index is -1.29. The average molecular weight is 349 g/mol. The lowest BCUT2D eigenvalue weighted by Crippen LogP contribution is -2.07. The quantitative estimate of drug-likeness (QED) is 0.364. The second-order valence-electron chi connectivity index (χ2n) is 4.49. The van der Waals surface area contributed by atoms with Crippen LogP contribution in [0.3, 0.4) is 0 Å². The van der Waals surface area contributed by atoms with Crippen LogP contribution in [0.15, 0.2) is 17.3 Å². The molecule has 0 bridgehead atoms. The third-order valence-electron chi connectivity index (χ3n) is 3.01. The van der Waals surface area contributed by atoms with Gasteiger partial charge in [0.1, 0.15) is 10.0 Å². The van der Waals surface area contributed by atoms with Crippen molar-refractivity contribution in [2.45, 2.75) is 19.3 Å². The smallest absolute Gasteiger partial charge is 0.356 e. The van der Waals surface area contributed by atoms with Crippen LogP contribution in [0.4, 0.5) is 5.69 Å². The van der Waals surface area contributed by atoms with E-state index in [0.717, 1.165) is 19.3 Å². The lowest BCUT2D eigenvalue weighted by atomic mass is 9.96. The minimum Gasteiger partial charge on any atom is -0.476 e. The number of allylic oxidation sites excluding steroid dienone is 2. The molecule has 0 spiro atoms. The van der Waals surface area contributed by atoms with Gasteiger partial charge in [-0.1, -0.05) is 47.0 Å². The van der Waals surface area contributed by atoms with Crippen molar-refractivity contribution in [1.29, 1.82) is 0 Å². The Morgan fingerprint density at radius 1 is 1.38 bits per heavy atom. The molecule has 0 radical (unpaired) electrons. The van der Waals surface area contributed by atoms with Gasteiger partial charge in [-0.2, -0.15) is 5.10 Å². The molecule has 0 saturated heterocycles. The third-order valence-corrected chi connectivity index (χ3v) is 4.12. The maximum absolute atomic E-state index is 11.0. The summed E-state index contributed by atoms with van der Waals surface area (Å²) in [7, 11) is 0. The number of hydrogen-bond acceptors (Lipinski definition) is 4. The van der Waals surface area contributed by atoms with Gasteiger partial charge in [0.25, 0.3) is 0 Å². The maximum atomic E-state index is 11.0. The van der Waals surface area contributed by atoms with Crippen molar-refractivity contribution in [3.63, 3.8) is 0 Å². The Morgan fingerprint density at radius 3 is 2.76 bits per heavy atom. The molecule has 1 aliphatic carbocycles. The second kappa shape index (κ2) is 7.11. The summed E-state index contributed by atoms with van der Waals surface area (Å²) >= 11 is 17.7. The van der Waals surface area contributed by atoms with Crippen molar-refractivity contribution >= 4 is 52.7 Å². The summed E-state index contributed by atoms with van der Waals surface area (Å²) in [5.41, 5.74) is 2.42. The third kappa shape index (κ3) is 3.87. The van der Waals surface area contributed by atoms with Gasteiger partial charge in [-0.05, 0) is 25.2 Å². The number of aromatic nitrogens is 1. The molecule has 1 aliphatic rings. The maximum Gasteiger partial charge on any atom is 0.356 e. The molecule has 0 unspecified atom stereocenters. The zero-order valence-corrected chi connectivity index (χ0v) is 13.1. The summed E-state index contributed by atoms with van der Waals surface area (Å²) in [4.78, 5) is 14.7. The van der Waals surface area contributed by atoms with Gasteiger partial charge in [0.15, 0.2) is 10.8 Å². The normalized spacial score (nSPS) is 18.1. The first-order chi connectivity index (χ1) is 10.0. The number of halogens is 3. The lowest BCUT2D eigenvalue weighted by Gasteiger charge is -2.13. The second-order valence-corrected chi connectivity index (χ2v) is 5.61. The largest absolute Gasteiger partial charge is 0.476 e. The highest BCUT2D eigenvalue weighted by Crippen LogP contribution is 2.36. The Hall–Kier alpha value is -1.30. The Balaban J connectivity index is 2.21. The lowest BCUT2D eigenvalue weighted by molar-refractivity contribution is 0.0691. The Morgan fingerprint density at radius 2 is 2.14 bits per heavy atom. The van der Waals surface area contributed by atoms with Gasteiger partial charge in [-0.3, -0.25) is 5.43 Å². The molecule has 0 amide bonds. The zero-order valence-electron chi connectivity index (χ0n) is 10.8. The van der Waals surface area contributed by atoms with E-state index in [1.165, 1.54) is 0 Å². The van der Waals surface area contributed by atoms with Gasteiger partial charge in [0, 0.05) is 6.21 Å². The molecule has 1 aromatic rings. The van der Waals surface area contributed by atoms with Gasteiger partial charge in [-0.15, -0.1) is 0 Å². The van der Waals surface area contributed by atoms with Gasteiger partial charge in [0.05, 0.1) is 5.69 Å². The number of anilines is 1. The monoisotopic (exact) mass is 347 g/mol. The Labute approximate surface area is 136 Å². The van der Waals surface area contributed by atoms with Gasteiger partial charge in [0.2, 0.25) is 0 Å². The average Bonchev–Trinajstić information content (AvgIpc) is 2.47. The zero-order chi connectivity index (χ0) is 15.4. The molecule has 2 N–H and O–H groups in total. The van der Waals surface area contributed by atoms with Crippen molar-refractivity contribution in [3.8, 4) is 0 Å². The van der Waals surface area contributed by atoms with E-state index >= 15 is 0 Å². The SMILES string of the molecule is O=C(O)c1nc(Cl)c(Cl)c(N/N=C\[C@H]2CC=CCC2)c1Cl. The van der Waals surface area contributed by atoms with Gasteiger partial charge in [-0.25, -0.2) is 9.78 Å². The van der Waals surface area contributed by atoms with E-state index in [9.17, 15) is 4.79 Å². The fourth-order valence-electron chi connectivity index (χ4n) is 1.91. The number of nitrogens with zero attached hydrogens (tertiary/aromatic N) is 2. The van der Waals surface area contributed by atoms with Crippen LogP contribution >= 0.6 is 34.8 Å².